The summed E-state index contributed by atoms with van der Waals surface area (Å²) in [5.41, 5.74) is 15.6. The Morgan fingerprint density at radius 3 is 2.41 bits per heavy atom. The van der Waals surface area contributed by atoms with E-state index in [2.05, 4.69) is 26.0 Å². The third-order valence-corrected chi connectivity index (χ3v) is 6.14. The van der Waals surface area contributed by atoms with E-state index in [-0.39, 0.29) is 11.4 Å². The minimum Gasteiger partial charge on any atom is -0.364 e. The van der Waals surface area contributed by atoms with Crippen LogP contribution >= 0.6 is 0 Å². The number of amides is 2. The Hall–Kier alpha value is -4.11. The van der Waals surface area contributed by atoms with E-state index < -0.39 is 11.8 Å². The Kier molecular flexibility index (Phi) is 5.77. The van der Waals surface area contributed by atoms with E-state index in [4.69, 9.17) is 11.5 Å². The molecule has 4 aromatic rings. The maximum Gasteiger partial charge on any atom is 0.269 e. The molecule has 172 valence electrons. The van der Waals surface area contributed by atoms with Crippen molar-refractivity contribution in [2.45, 2.75) is 25.8 Å². The van der Waals surface area contributed by atoms with Gasteiger partial charge in [-0.15, -0.1) is 0 Å². The van der Waals surface area contributed by atoms with Gasteiger partial charge in [0, 0.05) is 29.9 Å². The van der Waals surface area contributed by atoms with Gasteiger partial charge in [0.2, 0.25) is 0 Å². The normalized spacial score (nSPS) is 14.4. The van der Waals surface area contributed by atoms with Crippen molar-refractivity contribution in [1.82, 2.24) is 24.6 Å². The fraction of sp³-hybridized carbons (Fsp3) is 0.240. The Bertz CT molecular complexity index is 1370. The Morgan fingerprint density at radius 1 is 0.882 bits per heavy atom. The molecule has 0 aliphatic carbocycles. The number of pyridine rings is 2. The number of likely N-dealkylation sites (tertiary alicyclic amines) is 1. The van der Waals surface area contributed by atoms with Crippen LogP contribution in [0.4, 0.5) is 0 Å². The number of carbonyl (C=O) groups excluding carboxylic acids is 2. The number of primary amides is 2. The topological polar surface area (TPSA) is 133 Å². The Morgan fingerprint density at radius 2 is 1.71 bits per heavy atom. The van der Waals surface area contributed by atoms with Gasteiger partial charge in [0.25, 0.3) is 11.8 Å². The highest BCUT2D eigenvalue weighted by Gasteiger charge is 2.18. The van der Waals surface area contributed by atoms with Gasteiger partial charge in [-0.25, -0.2) is 9.67 Å². The van der Waals surface area contributed by atoms with Gasteiger partial charge in [-0.05, 0) is 67.4 Å². The van der Waals surface area contributed by atoms with Crippen LogP contribution in [0.1, 0.15) is 45.8 Å². The molecule has 1 aliphatic rings. The number of fused-ring (bicyclic) bond motifs is 1. The van der Waals surface area contributed by atoms with E-state index >= 15 is 0 Å². The highest BCUT2D eigenvalue weighted by atomic mass is 16.1. The number of nitrogens with zero attached hydrogens (tertiary/aromatic N) is 5. The first kappa shape index (κ1) is 21.7. The zero-order valence-corrected chi connectivity index (χ0v) is 18.6. The number of hydrogen-bond acceptors (Lipinski definition) is 6. The molecular formula is C25H25N7O2. The van der Waals surface area contributed by atoms with E-state index in [1.807, 2.05) is 30.6 Å². The number of carbonyl (C=O) groups is 2. The second-order valence-corrected chi connectivity index (χ2v) is 8.54. The number of aromatic nitrogens is 4. The number of nitrogens with two attached hydrogens (primary N) is 2. The molecule has 1 aromatic carbocycles. The molecule has 0 spiro atoms. The maximum atomic E-state index is 12.2. The first-order chi connectivity index (χ1) is 16.5. The molecule has 1 aliphatic heterocycles. The van der Waals surface area contributed by atoms with Crippen LogP contribution in [0.15, 0.2) is 55.0 Å². The van der Waals surface area contributed by atoms with Crippen molar-refractivity contribution in [3.05, 3.63) is 71.9 Å². The number of rotatable bonds is 6. The summed E-state index contributed by atoms with van der Waals surface area (Å²) >= 11 is 0. The minimum absolute atomic E-state index is 0.148. The average Bonchev–Trinajstić information content (AvgIpc) is 3.24. The molecule has 4 N–H and O–H groups in total. The number of hydrogen-bond donors (Lipinski definition) is 2. The summed E-state index contributed by atoms with van der Waals surface area (Å²) in [6.07, 6.45) is 9.00. The molecule has 4 heterocycles. The third-order valence-electron chi connectivity index (χ3n) is 6.14. The average molecular weight is 456 g/mol. The number of benzene rings is 1. The maximum absolute atomic E-state index is 12.2. The summed E-state index contributed by atoms with van der Waals surface area (Å²) in [5.74, 6) is -1.24. The lowest BCUT2D eigenvalue weighted by Crippen LogP contribution is -2.29. The first-order valence-electron chi connectivity index (χ1n) is 11.2. The van der Waals surface area contributed by atoms with Gasteiger partial charge in [-0.1, -0.05) is 12.5 Å². The van der Waals surface area contributed by atoms with Crippen molar-refractivity contribution in [1.29, 1.82) is 0 Å². The molecule has 34 heavy (non-hydrogen) atoms. The molecule has 0 radical (unpaired) electrons. The summed E-state index contributed by atoms with van der Waals surface area (Å²) in [6.45, 7) is 3.11. The summed E-state index contributed by atoms with van der Waals surface area (Å²) in [7, 11) is 0. The van der Waals surface area contributed by atoms with Crippen LogP contribution < -0.4 is 11.5 Å². The molecule has 1 saturated heterocycles. The predicted molar refractivity (Wildman–Crippen MR) is 128 cm³/mol. The van der Waals surface area contributed by atoms with Gasteiger partial charge in [0.1, 0.15) is 5.69 Å². The molecular weight excluding hydrogens is 430 g/mol. The van der Waals surface area contributed by atoms with Gasteiger partial charge in [-0.3, -0.25) is 19.5 Å². The van der Waals surface area contributed by atoms with E-state index in [0.717, 1.165) is 36.3 Å². The lowest BCUT2D eigenvalue weighted by atomic mass is 10.0. The fourth-order valence-electron chi connectivity index (χ4n) is 4.44. The van der Waals surface area contributed by atoms with Crippen LogP contribution in [0.5, 0.6) is 0 Å². The highest BCUT2D eigenvalue weighted by Crippen LogP contribution is 2.29. The molecule has 9 nitrogen and oxygen atoms in total. The van der Waals surface area contributed by atoms with Gasteiger partial charge in [-0.2, -0.15) is 5.10 Å². The monoisotopic (exact) mass is 455 g/mol. The SMILES string of the molecule is NC(=O)c1ccc(-n2nc(C(N)=O)c3cc(-c4cncc(CN5CCCCC5)c4)ccc32)cn1. The molecule has 9 heteroatoms. The summed E-state index contributed by atoms with van der Waals surface area (Å²) in [5, 5.41) is 5.06. The molecule has 0 bridgehead atoms. The molecule has 3 aromatic heterocycles. The van der Waals surface area contributed by atoms with Crippen molar-refractivity contribution >= 4 is 22.7 Å². The van der Waals surface area contributed by atoms with Crippen LogP contribution in [-0.4, -0.2) is 49.6 Å². The van der Waals surface area contributed by atoms with Crippen molar-refractivity contribution in [2.24, 2.45) is 11.5 Å². The Balaban J connectivity index is 1.52. The van der Waals surface area contributed by atoms with Gasteiger partial charge in [0.15, 0.2) is 5.69 Å². The van der Waals surface area contributed by atoms with Crippen molar-refractivity contribution in [2.75, 3.05) is 13.1 Å². The van der Waals surface area contributed by atoms with Crippen molar-refractivity contribution in [3.63, 3.8) is 0 Å². The van der Waals surface area contributed by atoms with E-state index in [0.29, 0.717) is 16.6 Å². The summed E-state index contributed by atoms with van der Waals surface area (Å²) < 4.78 is 1.59. The van der Waals surface area contributed by atoms with Crippen LogP contribution in [0, 0.1) is 0 Å². The molecule has 5 rings (SSSR count). The zero-order chi connectivity index (χ0) is 23.7. The van der Waals surface area contributed by atoms with Crippen LogP contribution in [0.2, 0.25) is 0 Å². The fourth-order valence-corrected chi connectivity index (χ4v) is 4.44. The minimum atomic E-state index is -0.625. The van der Waals surface area contributed by atoms with E-state index in [1.54, 1.807) is 10.7 Å². The van der Waals surface area contributed by atoms with E-state index in [9.17, 15) is 9.59 Å². The van der Waals surface area contributed by atoms with Crippen molar-refractivity contribution in [3.8, 4) is 16.8 Å². The Labute approximate surface area is 196 Å². The second-order valence-electron chi connectivity index (χ2n) is 8.54. The highest BCUT2D eigenvalue weighted by molar-refractivity contribution is 6.05. The smallest absolute Gasteiger partial charge is 0.269 e. The molecule has 0 atom stereocenters. The van der Waals surface area contributed by atoms with Gasteiger partial charge < -0.3 is 11.5 Å². The van der Waals surface area contributed by atoms with Crippen molar-refractivity contribution < 1.29 is 9.59 Å². The van der Waals surface area contributed by atoms with E-state index in [1.165, 1.54) is 31.5 Å². The molecule has 0 saturated carbocycles. The lowest BCUT2D eigenvalue weighted by molar-refractivity contribution is 0.0988. The third kappa shape index (κ3) is 4.25. The van der Waals surface area contributed by atoms with Crippen LogP contribution in [-0.2, 0) is 6.54 Å². The summed E-state index contributed by atoms with van der Waals surface area (Å²) in [6, 6.07) is 11.1. The zero-order valence-electron chi connectivity index (χ0n) is 18.6. The second kappa shape index (κ2) is 9.03. The molecule has 1 fully saturated rings. The number of piperidine rings is 1. The predicted octanol–water partition coefficient (Wildman–Crippen LogP) is 2.67. The van der Waals surface area contributed by atoms with Gasteiger partial charge in [0.05, 0.1) is 17.4 Å². The quantitative estimate of drug-likeness (QED) is 0.459. The first-order valence-corrected chi connectivity index (χ1v) is 11.2. The van der Waals surface area contributed by atoms with Crippen LogP contribution in [0.25, 0.3) is 27.7 Å². The van der Waals surface area contributed by atoms with Gasteiger partial charge >= 0.3 is 0 Å². The van der Waals surface area contributed by atoms with Crippen LogP contribution in [0.3, 0.4) is 0 Å². The standard InChI is InChI=1S/C25H25N7O2/c26-24(33)21-6-5-19(14-29-21)32-22-7-4-17(11-20(22)23(30-32)25(27)34)18-10-16(12-28-13-18)15-31-8-2-1-3-9-31/h4-7,10-14H,1-3,8-9,15H2,(H2,26,33)(H2,27,34). The summed E-state index contributed by atoms with van der Waals surface area (Å²) in [4.78, 5) is 34.5. The molecule has 0 unspecified atom stereocenters. The largest absolute Gasteiger partial charge is 0.364 e. The molecule has 2 amide bonds. The lowest BCUT2D eigenvalue weighted by Gasteiger charge is -2.26.